The molecule has 2 aliphatic rings. The standard InChI is InChI=1S/C24H22N2O3/c1-3-26-16-10-12-20-22(14-16)29-21-13-15(25)9-11-19(21)23(20)17-7-5-6-8-18(17)24(27)28-4-2/h5-14H,3-4,25H2,1-2H3. The molecule has 1 aliphatic heterocycles. The maximum atomic E-state index is 12.6. The zero-order valence-corrected chi connectivity index (χ0v) is 16.4. The normalized spacial score (nSPS) is 11.9. The summed E-state index contributed by atoms with van der Waals surface area (Å²) in [5.41, 5.74) is 10.4. The first-order valence-corrected chi connectivity index (χ1v) is 9.65. The molecular formula is C24H22N2O3. The van der Waals surface area contributed by atoms with Gasteiger partial charge < -0.3 is 14.9 Å². The summed E-state index contributed by atoms with van der Waals surface area (Å²) in [6.45, 7) is 4.79. The summed E-state index contributed by atoms with van der Waals surface area (Å²) in [6, 6.07) is 18.9. The Kier molecular flexibility index (Phi) is 5.04. The van der Waals surface area contributed by atoms with Crippen molar-refractivity contribution in [2.24, 2.45) is 4.99 Å². The van der Waals surface area contributed by atoms with Gasteiger partial charge in [-0.15, -0.1) is 0 Å². The molecule has 0 atom stereocenters. The lowest BCUT2D eigenvalue weighted by Crippen LogP contribution is -2.08. The first-order chi connectivity index (χ1) is 14.1. The minimum absolute atomic E-state index is 0.317. The van der Waals surface area contributed by atoms with Crippen LogP contribution in [0.5, 0.6) is 0 Å². The van der Waals surface area contributed by atoms with Crippen molar-refractivity contribution in [1.29, 1.82) is 0 Å². The Morgan fingerprint density at radius 2 is 1.86 bits per heavy atom. The van der Waals surface area contributed by atoms with Gasteiger partial charge in [0.05, 0.1) is 17.5 Å². The second kappa shape index (κ2) is 7.80. The summed E-state index contributed by atoms with van der Waals surface area (Å²) in [4.78, 5) is 17.1. The molecule has 0 amide bonds. The molecule has 29 heavy (non-hydrogen) atoms. The second-order valence-corrected chi connectivity index (χ2v) is 6.65. The lowest BCUT2D eigenvalue weighted by atomic mass is 9.90. The molecule has 1 aliphatic carbocycles. The molecule has 5 heteroatoms. The summed E-state index contributed by atoms with van der Waals surface area (Å²) in [7, 11) is 0. The van der Waals surface area contributed by atoms with Gasteiger partial charge in [-0.25, -0.2) is 4.79 Å². The number of anilines is 1. The molecular weight excluding hydrogens is 364 g/mol. The molecule has 0 unspecified atom stereocenters. The van der Waals surface area contributed by atoms with E-state index in [1.54, 1.807) is 19.1 Å². The number of hydrogen-bond donors (Lipinski definition) is 1. The van der Waals surface area contributed by atoms with Crippen LogP contribution in [0.25, 0.3) is 33.4 Å². The number of carbonyl (C=O) groups excluding carboxylic acids is 1. The van der Waals surface area contributed by atoms with Gasteiger partial charge in [0, 0.05) is 40.9 Å². The van der Waals surface area contributed by atoms with Gasteiger partial charge in [-0.2, -0.15) is 0 Å². The van der Waals surface area contributed by atoms with E-state index in [9.17, 15) is 4.79 Å². The summed E-state index contributed by atoms with van der Waals surface area (Å²) >= 11 is 0. The zero-order chi connectivity index (χ0) is 20.4. The fraction of sp³-hybridized carbons (Fsp3) is 0.167. The average Bonchev–Trinajstić information content (AvgIpc) is 2.72. The van der Waals surface area contributed by atoms with E-state index in [1.165, 1.54) is 0 Å². The molecule has 146 valence electrons. The van der Waals surface area contributed by atoms with Crippen LogP contribution >= 0.6 is 0 Å². The molecule has 0 aromatic heterocycles. The average molecular weight is 386 g/mol. The van der Waals surface area contributed by atoms with Crippen LogP contribution in [0.3, 0.4) is 0 Å². The topological polar surface area (TPSA) is 77.8 Å². The fourth-order valence-electron chi connectivity index (χ4n) is 3.55. The van der Waals surface area contributed by atoms with E-state index in [0.29, 0.717) is 35.7 Å². The highest BCUT2D eigenvalue weighted by Gasteiger charge is 2.21. The molecule has 0 saturated heterocycles. The Bertz CT molecular complexity index is 1240. The minimum Gasteiger partial charge on any atom is -0.462 e. The van der Waals surface area contributed by atoms with Crippen LogP contribution in [0, 0.1) is 0 Å². The number of esters is 1. The molecule has 0 fully saturated rings. The van der Waals surface area contributed by atoms with Crippen LogP contribution in [-0.2, 0) is 4.74 Å². The van der Waals surface area contributed by atoms with Gasteiger partial charge in [-0.3, -0.25) is 4.99 Å². The molecule has 2 N–H and O–H groups in total. The summed E-state index contributed by atoms with van der Waals surface area (Å²) in [5.74, 6) is 0.338. The minimum atomic E-state index is -0.349. The number of nitrogen functional groups attached to an aromatic ring is 1. The quantitative estimate of drug-likeness (QED) is 0.308. The molecule has 2 aromatic carbocycles. The van der Waals surface area contributed by atoms with Gasteiger partial charge in [0.1, 0.15) is 11.3 Å². The molecule has 1 heterocycles. The molecule has 0 saturated carbocycles. The van der Waals surface area contributed by atoms with Crippen LogP contribution in [0.2, 0.25) is 0 Å². The summed E-state index contributed by atoms with van der Waals surface area (Å²) in [6.07, 6.45) is 0. The Morgan fingerprint density at radius 1 is 1.03 bits per heavy atom. The second-order valence-electron chi connectivity index (χ2n) is 6.65. The van der Waals surface area contributed by atoms with Crippen LogP contribution < -0.4 is 11.1 Å². The first kappa shape index (κ1) is 18.7. The van der Waals surface area contributed by atoms with Gasteiger partial charge in [0.15, 0.2) is 0 Å². The predicted molar refractivity (Wildman–Crippen MR) is 115 cm³/mol. The summed E-state index contributed by atoms with van der Waals surface area (Å²) in [5, 5.41) is 1.72. The van der Waals surface area contributed by atoms with Crippen molar-refractivity contribution < 1.29 is 13.9 Å². The largest absolute Gasteiger partial charge is 0.462 e. The van der Waals surface area contributed by atoms with Crippen molar-refractivity contribution in [2.75, 3.05) is 18.9 Å². The Labute approximate surface area is 168 Å². The number of carbonyl (C=O) groups is 1. The number of fused-ring (bicyclic) bond motifs is 2. The molecule has 0 spiro atoms. The van der Waals surface area contributed by atoms with Crippen LogP contribution in [0.1, 0.15) is 24.2 Å². The molecule has 0 bridgehead atoms. The van der Waals surface area contributed by atoms with Gasteiger partial charge in [0.2, 0.25) is 0 Å². The Hall–Kier alpha value is -3.60. The third-order valence-electron chi connectivity index (χ3n) is 4.76. The van der Waals surface area contributed by atoms with E-state index in [0.717, 1.165) is 27.4 Å². The van der Waals surface area contributed by atoms with E-state index in [2.05, 4.69) is 4.99 Å². The Morgan fingerprint density at radius 3 is 2.66 bits per heavy atom. The number of rotatable bonds is 4. The smallest absolute Gasteiger partial charge is 0.338 e. The van der Waals surface area contributed by atoms with Crippen molar-refractivity contribution in [3.8, 4) is 22.5 Å². The van der Waals surface area contributed by atoms with Crippen LogP contribution in [-0.4, -0.2) is 19.1 Å². The highest BCUT2D eigenvalue weighted by atomic mass is 16.5. The number of ether oxygens (including phenoxy) is 1. The van der Waals surface area contributed by atoms with Gasteiger partial charge in [-0.05, 0) is 49.7 Å². The lowest BCUT2D eigenvalue weighted by Gasteiger charge is -2.17. The third kappa shape index (κ3) is 3.47. The van der Waals surface area contributed by atoms with Crippen molar-refractivity contribution in [1.82, 2.24) is 0 Å². The SMILES string of the molecule is CCN=c1ccc2c(-c3ccccc3C(=O)OCC)c3ccc(N)cc3oc-2c1. The van der Waals surface area contributed by atoms with Crippen molar-refractivity contribution >= 4 is 22.6 Å². The van der Waals surface area contributed by atoms with Gasteiger partial charge in [0.25, 0.3) is 0 Å². The van der Waals surface area contributed by atoms with E-state index in [-0.39, 0.29) is 5.97 Å². The number of benzene rings is 3. The van der Waals surface area contributed by atoms with Crippen LogP contribution in [0.4, 0.5) is 5.69 Å². The van der Waals surface area contributed by atoms with Gasteiger partial charge in [-0.1, -0.05) is 18.2 Å². The van der Waals surface area contributed by atoms with Crippen LogP contribution in [0.15, 0.2) is 70.1 Å². The van der Waals surface area contributed by atoms with E-state index >= 15 is 0 Å². The highest BCUT2D eigenvalue weighted by Crippen LogP contribution is 2.41. The first-order valence-electron chi connectivity index (χ1n) is 9.65. The molecule has 5 nitrogen and oxygen atoms in total. The predicted octanol–water partition coefficient (Wildman–Crippen LogP) is 4.88. The highest BCUT2D eigenvalue weighted by molar-refractivity contribution is 6.08. The zero-order valence-electron chi connectivity index (χ0n) is 16.4. The molecule has 2 aromatic rings. The van der Waals surface area contributed by atoms with Crippen molar-refractivity contribution in [2.45, 2.75) is 13.8 Å². The molecule has 4 rings (SSSR count). The number of nitrogens with two attached hydrogens (primary N) is 1. The summed E-state index contributed by atoms with van der Waals surface area (Å²) < 4.78 is 11.5. The van der Waals surface area contributed by atoms with Crippen molar-refractivity contribution in [3.63, 3.8) is 0 Å². The number of hydrogen-bond acceptors (Lipinski definition) is 5. The fourth-order valence-corrected chi connectivity index (χ4v) is 3.55. The van der Waals surface area contributed by atoms with Gasteiger partial charge >= 0.3 is 5.97 Å². The monoisotopic (exact) mass is 386 g/mol. The maximum absolute atomic E-state index is 12.6. The Balaban J connectivity index is 2.11. The van der Waals surface area contributed by atoms with E-state index in [1.807, 2.05) is 55.5 Å². The van der Waals surface area contributed by atoms with E-state index in [4.69, 9.17) is 14.9 Å². The maximum Gasteiger partial charge on any atom is 0.338 e. The number of nitrogens with zero attached hydrogens (tertiary/aromatic N) is 1. The third-order valence-corrected chi connectivity index (χ3v) is 4.76. The van der Waals surface area contributed by atoms with E-state index < -0.39 is 0 Å². The lowest BCUT2D eigenvalue weighted by molar-refractivity contribution is 0.0527. The molecule has 0 radical (unpaired) electrons. The van der Waals surface area contributed by atoms with Crippen molar-refractivity contribution in [3.05, 3.63) is 71.6 Å².